The van der Waals surface area contributed by atoms with E-state index in [2.05, 4.69) is 27.7 Å². The van der Waals surface area contributed by atoms with Crippen LogP contribution in [0, 0.1) is 0 Å². The Morgan fingerprint density at radius 3 is 1.15 bits per heavy atom. The first-order valence-corrected chi connectivity index (χ1v) is 10.4. The number of ether oxygens (including phenoxy) is 1. The van der Waals surface area contributed by atoms with Gasteiger partial charge in [-0.3, -0.25) is 0 Å². The monoisotopic (exact) mass is 370 g/mol. The van der Waals surface area contributed by atoms with Crippen molar-refractivity contribution in [2.24, 2.45) is 0 Å². The highest BCUT2D eigenvalue weighted by Crippen LogP contribution is 2.41. The fourth-order valence-corrected chi connectivity index (χ4v) is 3.97. The molecule has 0 unspecified atom stereocenters. The Morgan fingerprint density at radius 1 is 0.556 bits per heavy atom. The quantitative estimate of drug-likeness (QED) is 0.576. The van der Waals surface area contributed by atoms with Crippen molar-refractivity contribution < 1.29 is 14.9 Å². The van der Waals surface area contributed by atoms with E-state index in [0.29, 0.717) is 11.5 Å². The van der Waals surface area contributed by atoms with Crippen molar-refractivity contribution in [3.05, 3.63) is 45.5 Å². The van der Waals surface area contributed by atoms with Gasteiger partial charge in [0.1, 0.15) is 23.0 Å². The zero-order valence-corrected chi connectivity index (χ0v) is 17.7. The summed E-state index contributed by atoms with van der Waals surface area (Å²) >= 11 is 0. The molecule has 2 aromatic carbocycles. The van der Waals surface area contributed by atoms with Crippen molar-refractivity contribution in [2.45, 2.75) is 80.1 Å². The van der Waals surface area contributed by atoms with Crippen LogP contribution in [0.4, 0.5) is 0 Å². The summed E-state index contributed by atoms with van der Waals surface area (Å²) in [7, 11) is 0. The zero-order chi connectivity index (χ0) is 20.1. The zero-order valence-electron chi connectivity index (χ0n) is 17.7. The summed E-state index contributed by atoms with van der Waals surface area (Å²) in [4.78, 5) is 0. The van der Waals surface area contributed by atoms with Crippen LogP contribution in [0.3, 0.4) is 0 Å². The topological polar surface area (TPSA) is 49.7 Å². The van der Waals surface area contributed by atoms with Gasteiger partial charge in [0.25, 0.3) is 0 Å². The number of hydrogen-bond donors (Lipinski definition) is 2. The van der Waals surface area contributed by atoms with E-state index in [1.807, 2.05) is 26.0 Å². The molecule has 0 amide bonds. The van der Waals surface area contributed by atoms with Gasteiger partial charge >= 0.3 is 0 Å². The molecule has 0 spiro atoms. The molecule has 27 heavy (non-hydrogen) atoms. The predicted molar refractivity (Wildman–Crippen MR) is 113 cm³/mol. The maximum absolute atomic E-state index is 10.6. The van der Waals surface area contributed by atoms with Crippen molar-refractivity contribution in [1.82, 2.24) is 0 Å². The van der Waals surface area contributed by atoms with E-state index in [9.17, 15) is 10.2 Å². The summed E-state index contributed by atoms with van der Waals surface area (Å²) in [6.45, 7) is 12.4. The van der Waals surface area contributed by atoms with Crippen molar-refractivity contribution in [2.75, 3.05) is 0 Å². The Kier molecular flexibility index (Phi) is 7.18. The Morgan fingerprint density at radius 2 is 0.889 bits per heavy atom. The molecular weight excluding hydrogens is 336 g/mol. The Bertz CT molecular complexity index is 739. The Balaban J connectivity index is 2.69. The standard InChI is InChI=1S/C24H34O3/c1-7-15-13-21(17(9-3)19(11-5)23(15)25)27-22-14-16(8-2)24(26)20(12-6)18(22)10-4/h13-14,25-26H,7-12H2,1-6H3. The number of rotatable bonds is 8. The van der Waals surface area contributed by atoms with Gasteiger partial charge in [-0.25, -0.2) is 0 Å². The molecule has 0 bridgehead atoms. The normalized spacial score (nSPS) is 11.0. The average molecular weight is 371 g/mol. The third-order valence-electron chi connectivity index (χ3n) is 5.51. The van der Waals surface area contributed by atoms with E-state index >= 15 is 0 Å². The Hall–Kier alpha value is -2.16. The minimum Gasteiger partial charge on any atom is -0.507 e. The van der Waals surface area contributed by atoms with E-state index in [1.165, 1.54) is 0 Å². The minimum atomic E-state index is 0.411. The molecule has 0 aromatic heterocycles. The van der Waals surface area contributed by atoms with Crippen molar-refractivity contribution in [1.29, 1.82) is 0 Å². The molecule has 2 rings (SSSR count). The summed E-state index contributed by atoms with van der Waals surface area (Å²) in [5, 5.41) is 21.2. The molecule has 0 saturated carbocycles. The highest BCUT2D eigenvalue weighted by atomic mass is 16.5. The van der Waals surface area contributed by atoms with Gasteiger partial charge in [-0.15, -0.1) is 0 Å². The highest BCUT2D eigenvalue weighted by molar-refractivity contribution is 5.58. The van der Waals surface area contributed by atoms with Crippen molar-refractivity contribution in [3.8, 4) is 23.0 Å². The molecule has 0 fully saturated rings. The van der Waals surface area contributed by atoms with Crippen LogP contribution in [-0.4, -0.2) is 10.2 Å². The maximum atomic E-state index is 10.6. The van der Waals surface area contributed by atoms with Gasteiger partial charge < -0.3 is 14.9 Å². The summed E-state index contributed by atoms with van der Waals surface area (Å²) in [6, 6.07) is 3.97. The van der Waals surface area contributed by atoms with Gasteiger partial charge in [0.05, 0.1) is 0 Å². The van der Waals surface area contributed by atoms with Gasteiger partial charge in [0, 0.05) is 22.3 Å². The van der Waals surface area contributed by atoms with Crippen LogP contribution in [-0.2, 0) is 38.5 Å². The lowest BCUT2D eigenvalue weighted by molar-refractivity contribution is 0.438. The number of benzene rings is 2. The van der Waals surface area contributed by atoms with Crippen LogP contribution in [0.25, 0.3) is 0 Å². The molecule has 0 heterocycles. The first kappa shape index (κ1) is 21.1. The molecule has 0 aliphatic rings. The molecule has 0 aliphatic heterocycles. The number of aryl methyl sites for hydroxylation is 2. The molecule has 0 atom stereocenters. The lowest BCUT2D eigenvalue weighted by Gasteiger charge is -2.21. The molecule has 148 valence electrons. The van der Waals surface area contributed by atoms with Crippen LogP contribution in [0.2, 0.25) is 0 Å². The van der Waals surface area contributed by atoms with Gasteiger partial charge in [-0.05, 0) is 61.8 Å². The number of aromatic hydroxyl groups is 2. The third kappa shape index (κ3) is 3.92. The van der Waals surface area contributed by atoms with Crippen LogP contribution in [0.5, 0.6) is 23.0 Å². The summed E-state index contributed by atoms with van der Waals surface area (Å²) in [5.74, 6) is 2.48. The molecule has 2 N–H and O–H groups in total. The van der Waals surface area contributed by atoms with Crippen LogP contribution < -0.4 is 4.74 Å². The van der Waals surface area contributed by atoms with Crippen molar-refractivity contribution in [3.63, 3.8) is 0 Å². The van der Waals surface area contributed by atoms with E-state index in [-0.39, 0.29) is 0 Å². The van der Waals surface area contributed by atoms with Gasteiger partial charge in [-0.1, -0.05) is 41.5 Å². The number of phenols is 2. The lowest BCUT2D eigenvalue weighted by atomic mass is 9.94. The minimum absolute atomic E-state index is 0.411. The van der Waals surface area contributed by atoms with Crippen LogP contribution in [0.1, 0.15) is 74.9 Å². The lowest BCUT2D eigenvalue weighted by Crippen LogP contribution is -2.03. The maximum Gasteiger partial charge on any atom is 0.131 e. The summed E-state index contributed by atoms with van der Waals surface area (Å²) < 4.78 is 6.48. The predicted octanol–water partition coefficient (Wildman–Crippen LogP) is 6.26. The van der Waals surface area contributed by atoms with E-state index in [0.717, 1.165) is 83.4 Å². The molecule has 0 saturated heterocycles. The SMILES string of the molecule is CCc1cc(Oc2cc(CC)c(O)c(CC)c2CC)c(CC)c(CC)c1O. The average Bonchev–Trinajstić information content (AvgIpc) is 2.68. The molecule has 0 aliphatic carbocycles. The van der Waals surface area contributed by atoms with Crippen molar-refractivity contribution >= 4 is 0 Å². The van der Waals surface area contributed by atoms with Gasteiger partial charge in [0.15, 0.2) is 0 Å². The first-order valence-electron chi connectivity index (χ1n) is 10.4. The van der Waals surface area contributed by atoms with E-state index in [1.54, 1.807) is 0 Å². The smallest absolute Gasteiger partial charge is 0.131 e. The third-order valence-corrected chi connectivity index (χ3v) is 5.51. The Labute approximate surface area is 164 Å². The fourth-order valence-electron chi connectivity index (χ4n) is 3.97. The second kappa shape index (κ2) is 9.16. The highest BCUT2D eigenvalue weighted by Gasteiger charge is 2.20. The summed E-state index contributed by atoms with van der Waals surface area (Å²) in [5.41, 5.74) is 5.94. The second-order valence-electron chi connectivity index (χ2n) is 6.90. The molecule has 2 aromatic rings. The fraction of sp³-hybridized carbons (Fsp3) is 0.500. The molecule has 0 radical (unpaired) electrons. The molecule has 3 nitrogen and oxygen atoms in total. The largest absolute Gasteiger partial charge is 0.507 e. The van der Waals surface area contributed by atoms with E-state index < -0.39 is 0 Å². The van der Waals surface area contributed by atoms with Crippen LogP contribution >= 0.6 is 0 Å². The second-order valence-corrected chi connectivity index (χ2v) is 6.90. The first-order chi connectivity index (χ1) is 13.0. The molecular formula is C24H34O3. The van der Waals surface area contributed by atoms with Gasteiger partial charge in [0.2, 0.25) is 0 Å². The summed E-state index contributed by atoms with van der Waals surface area (Å²) in [6.07, 6.45) is 4.67. The number of hydrogen-bond acceptors (Lipinski definition) is 3. The number of phenolic OH excluding ortho intramolecular Hbond substituents is 2. The van der Waals surface area contributed by atoms with E-state index in [4.69, 9.17) is 4.74 Å². The van der Waals surface area contributed by atoms with Crippen LogP contribution in [0.15, 0.2) is 12.1 Å². The van der Waals surface area contributed by atoms with Gasteiger partial charge in [-0.2, -0.15) is 0 Å². The molecule has 3 heteroatoms.